The highest BCUT2D eigenvalue weighted by atomic mass is 16.6. The fourth-order valence-electron chi connectivity index (χ4n) is 4.14. The van der Waals surface area contributed by atoms with Crippen molar-refractivity contribution in [2.75, 3.05) is 26.4 Å². The topological polar surface area (TPSA) is 91.9 Å². The van der Waals surface area contributed by atoms with E-state index >= 15 is 0 Å². The summed E-state index contributed by atoms with van der Waals surface area (Å²) in [5.74, 6) is 2.06. The molecule has 6 heteroatoms. The van der Waals surface area contributed by atoms with Gasteiger partial charge in [0.05, 0.1) is 24.9 Å². The number of nitrogens with zero attached hydrogens (tertiary/aromatic N) is 1. The minimum absolute atomic E-state index is 0.151. The summed E-state index contributed by atoms with van der Waals surface area (Å²) in [6, 6.07) is 13.4. The second-order valence-corrected chi connectivity index (χ2v) is 8.81. The van der Waals surface area contributed by atoms with Gasteiger partial charge in [-0.2, -0.15) is 5.26 Å². The van der Waals surface area contributed by atoms with E-state index in [1.54, 1.807) is 0 Å². The summed E-state index contributed by atoms with van der Waals surface area (Å²) < 4.78 is 17.1. The van der Waals surface area contributed by atoms with Crippen LogP contribution < -0.4 is 14.2 Å². The fraction of sp³-hybridized carbons (Fsp3) is 0.483. The third-order valence-electron chi connectivity index (χ3n) is 6.10. The molecule has 1 heterocycles. The molecule has 35 heavy (non-hydrogen) atoms. The van der Waals surface area contributed by atoms with Gasteiger partial charge in [0.25, 0.3) is 0 Å². The normalized spacial score (nSPS) is 12.9. The van der Waals surface area contributed by atoms with Crippen LogP contribution in [0.1, 0.15) is 74.5 Å². The van der Waals surface area contributed by atoms with Crippen LogP contribution in [0, 0.1) is 11.3 Å². The molecule has 0 bridgehead atoms. The SMILES string of the molecule is N#C/C(=C\c1ccc2c(c1)OCCO2)c1ccc(OCCCCCCCCCCCO)c(CO)c1. The van der Waals surface area contributed by atoms with Gasteiger partial charge in [0.1, 0.15) is 19.0 Å². The second-order valence-electron chi connectivity index (χ2n) is 8.81. The van der Waals surface area contributed by atoms with Gasteiger partial charge in [-0.1, -0.05) is 51.0 Å². The molecule has 0 atom stereocenters. The Morgan fingerprint density at radius 1 is 0.857 bits per heavy atom. The average molecular weight is 480 g/mol. The summed E-state index contributed by atoms with van der Waals surface area (Å²) in [6.07, 6.45) is 12.1. The predicted octanol–water partition coefficient (Wildman–Crippen LogP) is 5.90. The maximum absolute atomic E-state index is 9.87. The second kappa shape index (κ2) is 15.1. The van der Waals surface area contributed by atoms with Crippen molar-refractivity contribution in [2.45, 2.75) is 64.4 Å². The molecule has 1 aliphatic rings. The number of aliphatic hydroxyl groups is 2. The molecule has 0 unspecified atom stereocenters. The summed E-state index contributed by atoms with van der Waals surface area (Å²) in [5, 5.41) is 28.4. The number of fused-ring (bicyclic) bond motifs is 1. The maximum atomic E-state index is 9.87. The lowest BCUT2D eigenvalue weighted by Gasteiger charge is -2.18. The van der Waals surface area contributed by atoms with Gasteiger partial charge in [-0.3, -0.25) is 0 Å². The Hall–Kier alpha value is -3.01. The third kappa shape index (κ3) is 8.61. The van der Waals surface area contributed by atoms with E-state index in [-0.39, 0.29) is 6.61 Å². The quantitative estimate of drug-likeness (QED) is 0.188. The molecule has 0 saturated carbocycles. The minimum Gasteiger partial charge on any atom is -0.493 e. The molecule has 0 aliphatic carbocycles. The van der Waals surface area contributed by atoms with Crippen molar-refractivity contribution in [3.8, 4) is 23.3 Å². The highest BCUT2D eigenvalue weighted by Gasteiger charge is 2.12. The van der Waals surface area contributed by atoms with E-state index in [1.807, 2.05) is 42.5 Å². The first kappa shape index (κ1) is 26.6. The van der Waals surface area contributed by atoms with Crippen LogP contribution in [0.25, 0.3) is 11.6 Å². The van der Waals surface area contributed by atoms with Gasteiger partial charge in [-0.05, 0) is 60.4 Å². The molecule has 2 aromatic carbocycles. The number of ether oxygens (including phenoxy) is 3. The van der Waals surface area contributed by atoms with E-state index in [0.717, 1.165) is 36.8 Å². The van der Waals surface area contributed by atoms with Crippen LogP contribution in [0.3, 0.4) is 0 Å². The standard InChI is InChI=1S/C29H37NO5/c30-21-25(18-23-10-12-28-29(19-23)35-17-16-34-28)24-11-13-27(26(20-24)22-32)33-15-9-7-5-3-1-2-4-6-8-14-31/h10-13,18-20,31-32H,1-9,14-17,22H2/b25-18+. The smallest absolute Gasteiger partial charge is 0.161 e. The van der Waals surface area contributed by atoms with Gasteiger partial charge in [-0.25, -0.2) is 0 Å². The van der Waals surface area contributed by atoms with Crippen molar-refractivity contribution in [2.24, 2.45) is 0 Å². The highest BCUT2D eigenvalue weighted by Crippen LogP contribution is 2.32. The Kier molecular flexibility index (Phi) is 11.5. The van der Waals surface area contributed by atoms with Crippen molar-refractivity contribution >= 4 is 11.6 Å². The van der Waals surface area contributed by atoms with Crippen molar-refractivity contribution in [3.63, 3.8) is 0 Å². The van der Waals surface area contributed by atoms with Crippen LogP contribution in [0.5, 0.6) is 17.2 Å². The van der Waals surface area contributed by atoms with Crippen LogP contribution in [0.2, 0.25) is 0 Å². The average Bonchev–Trinajstić information content (AvgIpc) is 2.90. The number of aliphatic hydroxyl groups excluding tert-OH is 2. The summed E-state index contributed by atoms with van der Waals surface area (Å²) >= 11 is 0. The number of allylic oxidation sites excluding steroid dienone is 1. The summed E-state index contributed by atoms with van der Waals surface area (Å²) in [6.45, 7) is 1.82. The summed E-state index contributed by atoms with van der Waals surface area (Å²) in [4.78, 5) is 0. The van der Waals surface area contributed by atoms with E-state index in [2.05, 4.69) is 6.07 Å². The van der Waals surface area contributed by atoms with Crippen molar-refractivity contribution in [1.82, 2.24) is 0 Å². The fourth-order valence-corrected chi connectivity index (χ4v) is 4.14. The Bertz CT molecular complexity index is 995. The number of benzene rings is 2. The molecule has 0 saturated heterocycles. The lowest BCUT2D eigenvalue weighted by Crippen LogP contribution is -2.15. The first-order valence-electron chi connectivity index (χ1n) is 12.7. The molecule has 0 fully saturated rings. The first-order chi connectivity index (χ1) is 17.2. The lowest BCUT2D eigenvalue weighted by atomic mass is 10.0. The Morgan fingerprint density at radius 3 is 2.23 bits per heavy atom. The first-order valence-corrected chi connectivity index (χ1v) is 12.7. The monoisotopic (exact) mass is 479 g/mol. The van der Waals surface area contributed by atoms with E-state index in [4.69, 9.17) is 19.3 Å². The van der Waals surface area contributed by atoms with Gasteiger partial charge in [-0.15, -0.1) is 0 Å². The molecule has 2 N–H and O–H groups in total. The van der Waals surface area contributed by atoms with Crippen LogP contribution in [0.4, 0.5) is 0 Å². The molecule has 0 spiro atoms. The van der Waals surface area contributed by atoms with Crippen molar-refractivity contribution < 1.29 is 24.4 Å². The van der Waals surface area contributed by atoms with Crippen LogP contribution in [0.15, 0.2) is 36.4 Å². The largest absolute Gasteiger partial charge is 0.493 e. The molecule has 0 radical (unpaired) electrons. The zero-order valence-corrected chi connectivity index (χ0v) is 20.5. The molecule has 6 nitrogen and oxygen atoms in total. The van der Waals surface area contributed by atoms with Gasteiger partial charge in [0.15, 0.2) is 11.5 Å². The number of rotatable bonds is 15. The number of unbranched alkanes of at least 4 members (excludes halogenated alkanes) is 8. The molecular formula is C29H37NO5. The third-order valence-corrected chi connectivity index (χ3v) is 6.10. The maximum Gasteiger partial charge on any atom is 0.161 e. The molecule has 1 aliphatic heterocycles. The molecule has 0 amide bonds. The van der Waals surface area contributed by atoms with Gasteiger partial charge < -0.3 is 24.4 Å². The number of hydrogen-bond donors (Lipinski definition) is 2. The zero-order chi connectivity index (χ0) is 24.7. The van der Waals surface area contributed by atoms with E-state index in [9.17, 15) is 10.4 Å². The Morgan fingerprint density at radius 2 is 1.54 bits per heavy atom. The van der Waals surface area contributed by atoms with Gasteiger partial charge >= 0.3 is 0 Å². The summed E-state index contributed by atoms with van der Waals surface area (Å²) in [5.41, 5.74) is 2.76. The Labute approximate surface area is 208 Å². The van der Waals surface area contributed by atoms with Gasteiger partial charge in [0.2, 0.25) is 0 Å². The van der Waals surface area contributed by atoms with Crippen LogP contribution >= 0.6 is 0 Å². The number of hydrogen-bond acceptors (Lipinski definition) is 6. The zero-order valence-electron chi connectivity index (χ0n) is 20.5. The van der Waals surface area contributed by atoms with Crippen LogP contribution in [-0.4, -0.2) is 36.6 Å². The van der Waals surface area contributed by atoms with Crippen molar-refractivity contribution in [3.05, 3.63) is 53.1 Å². The van der Waals surface area contributed by atoms with Crippen LogP contribution in [-0.2, 0) is 6.61 Å². The highest BCUT2D eigenvalue weighted by molar-refractivity contribution is 5.90. The molecular weight excluding hydrogens is 442 g/mol. The van der Waals surface area contributed by atoms with Crippen molar-refractivity contribution in [1.29, 1.82) is 5.26 Å². The molecule has 3 rings (SSSR count). The van der Waals surface area contributed by atoms with E-state index in [1.165, 1.54) is 32.1 Å². The summed E-state index contributed by atoms with van der Waals surface area (Å²) in [7, 11) is 0. The minimum atomic E-state index is -0.151. The molecule has 0 aromatic heterocycles. The Balaban J connectivity index is 1.49. The lowest BCUT2D eigenvalue weighted by molar-refractivity contribution is 0.171. The van der Waals surface area contributed by atoms with Gasteiger partial charge in [0, 0.05) is 12.2 Å². The molecule has 188 valence electrons. The predicted molar refractivity (Wildman–Crippen MR) is 137 cm³/mol. The van der Waals surface area contributed by atoms with E-state index < -0.39 is 0 Å². The number of nitriles is 1. The molecule has 2 aromatic rings. The van der Waals surface area contributed by atoms with E-state index in [0.29, 0.717) is 54.8 Å².